The molecule has 0 unspecified atom stereocenters. The van der Waals surface area contributed by atoms with Gasteiger partial charge in [0.1, 0.15) is 24.0 Å². The first-order chi connectivity index (χ1) is 9.63. The van der Waals surface area contributed by atoms with Crippen molar-refractivity contribution >= 4 is 21.9 Å². The van der Waals surface area contributed by atoms with E-state index in [0.717, 1.165) is 0 Å². The van der Waals surface area contributed by atoms with E-state index >= 15 is 0 Å². The maximum atomic E-state index is 13.3. The quantitative estimate of drug-likeness (QED) is 0.657. The molecule has 3 N–H and O–H groups in total. The second-order valence-electron chi connectivity index (χ2n) is 3.69. The third kappa shape index (κ3) is 4.72. The van der Waals surface area contributed by atoms with Gasteiger partial charge in [0.25, 0.3) is 0 Å². The van der Waals surface area contributed by atoms with Crippen molar-refractivity contribution < 1.29 is 36.3 Å². The van der Waals surface area contributed by atoms with Crippen molar-refractivity contribution in [3.05, 3.63) is 29.6 Å². The summed E-state index contributed by atoms with van der Waals surface area (Å²) in [5.74, 6) is -7.01. The Bertz CT molecular complexity index is 654. The first kappa shape index (κ1) is 16.9. The summed E-state index contributed by atoms with van der Waals surface area (Å²) in [4.78, 5) is 19.8. The second-order valence-corrected chi connectivity index (χ2v) is 5.40. The maximum absolute atomic E-state index is 13.3. The molecule has 1 amide bonds. The van der Waals surface area contributed by atoms with Gasteiger partial charge in [-0.25, -0.2) is 26.3 Å². The SMILES string of the molecule is O=C(O)CNC(=O)CNS(=O)(=O)c1c(F)cc(F)cc1F. The molecule has 1 aromatic rings. The molecule has 0 aliphatic heterocycles. The number of benzene rings is 1. The molecule has 0 aromatic heterocycles. The molecule has 7 nitrogen and oxygen atoms in total. The van der Waals surface area contributed by atoms with E-state index in [1.54, 1.807) is 4.72 Å². The molecule has 0 aliphatic rings. The first-order valence-corrected chi connectivity index (χ1v) is 6.74. The molecule has 0 fully saturated rings. The number of carboxylic acid groups (broad SMARTS) is 1. The average Bonchev–Trinajstić information content (AvgIpc) is 2.32. The van der Waals surface area contributed by atoms with Crippen LogP contribution in [0.2, 0.25) is 0 Å². The lowest BCUT2D eigenvalue weighted by Gasteiger charge is -2.08. The second kappa shape index (κ2) is 6.54. The number of carboxylic acids is 1. The fraction of sp³-hybridized carbons (Fsp3) is 0.200. The van der Waals surface area contributed by atoms with E-state index in [1.807, 2.05) is 5.32 Å². The number of carbonyl (C=O) groups excluding carboxylic acids is 1. The summed E-state index contributed by atoms with van der Waals surface area (Å²) < 4.78 is 64.1. The predicted octanol–water partition coefficient (Wildman–Crippen LogP) is -0.417. The zero-order valence-electron chi connectivity index (χ0n) is 10.2. The van der Waals surface area contributed by atoms with Crippen LogP contribution in [-0.2, 0) is 19.6 Å². The highest BCUT2D eigenvalue weighted by molar-refractivity contribution is 7.89. The third-order valence-corrected chi connectivity index (χ3v) is 3.54. The van der Waals surface area contributed by atoms with E-state index in [4.69, 9.17) is 5.11 Å². The smallest absolute Gasteiger partial charge is 0.322 e. The van der Waals surface area contributed by atoms with Gasteiger partial charge in [0.15, 0.2) is 4.90 Å². The van der Waals surface area contributed by atoms with Crippen molar-refractivity contribution in [1.29, 1.82) is 0 Å². The summed E-state index contributed by atoms with van der Waals surface area (Å²) >= 11 is 0. The number of carbonyl (C=O) groups is 2. The number of nitrogens with one attached hydrogen (secondary N) is 2. The highest BCUT2D eigenvalue weighted by atomic mass is 32.2. The number of halogens is 3. The zero-order chi connectivity index (χ0) is 16.2. The number of rotatable bonds is 6. The molecule has 11 heteroatoms. The van der Waals surface area contributed by atoms with E-state index in [-0.39, 0.29) is 12.1 Å². The van der Waals surface area contributed by atoms with Crippen molar-refractivity contribution in [2.45, 2.75) is 4.90 Å². The van der Waals surface area contributed by atoms with E-state index in [9.17, 15) is 31.2 Å². The standard InChI is InChI=1S/C10H9F3N2O5S/c11-5-1-6(12)10(7(13)2-5)21(19,20)15-3-8(16)14-4-9(17)18/h1-2,15H,3-4H2,(H,14,16)(H,17,18). The molecule has 0 aliphatic carbocycles. The highest BCUT2D eigenvalue weighted by Crippen LogP contribution is 2.19. The summed E-state index contributed by atoms with van der Waals surface area (Å²) in [5.41, 5.74) is 0. The van der Waals surface area contributed by atoms with Crippen LogP contribution in [0.5, 0.6) is 0 Å². The summed E-state index contributed by atoms with van der Waals surface area (Å²) in [6.07, 6.45) is 0. The minimum Gasteiger partial charge on any atom is -0.480 e. The molecular weight excluding hydrogens is 317 g/mol. The topological polar surface area (TPSA) is 113 Å². The van der Waals surface area contributed by atoms with Gasteiger partial charge in [0.2, 0.25) is 15.9 Å². The molecule has 0 saturated heterocycles. The lowest BCUT2D eigenvalue weighted by atomic mass is 10.3. The molecule has 0 saturated carbocycles. The molecule has 0 spiro atoms. The van der Waals surface area contributed by atoms with Gasteiger partial charge in [-0.1, -0.05) is 0 Å². The van der Waals surface area contributed by atoms with E-state index < -0.39 is 57.3 Å². The van der Waals surface area contributed by atoms with Crippen molar-refractivity contribution in [3.8, 4) is 0 Å². The Morgan fingerprint density at radius 1 is 1.10 bits per heavy atom. The van der Waals surface area contributed by atoms with Gasteiger partial charge >= 0.3 is 5.97 Å². The minimum absolute atomic E-state index is 0.169. The molecule has 1 aromatic carbocycles. The zero-order valence-corrected chi connectivity index (χ0v) is 11.0. The summed E-state index contributed by atoms with van der Waals surface area (Å²) in [6.45, 7) is -1.69. The van der Waals surface area contributed by atoms with Crippen LogP contribution in [0.1, 0.15) is 0 Å². The van der Waals surface area contributed by atoms with Crippen LogP contribution in [0.25, 0.3) is 0 Å². The van der Waals surface area contributed by atoms with E-state index in [0.29, 0.717) is 0 Å². The normalized spacial score (nSPS) is 11.2. The minimum atomic E-state index is -4.75. The van der Waals surface area contributed by atoms with Crippen molar-refractivity contribution in [3.63, 3.8) is 0 Å². The van der Waals surface area contributed by atoms with Gasteiger partial charge < -0.3 is 10.4 Å². The van der Waals surface area contributed by atoms with Gasteiger partial charge in [-0.15, -0.1) is 0 Å². The molecule has 0 atom stereocenters. The van der Waals surface area contributed by atoms with Gasteiger partial charge in [0.05, 0.1) is 6.54 Å². The van der Waals surface area contributed by atoms with Crippen LogP contribution in [0.15, 0.2) is 17.0 Å². The fourth-order valence-corrected chi connectivity index (χ4v) is 2.35. The van der Waals surface area contributed by atoms with Crippen LogP contribution in [0.3, 0.4) is 0 Å². The molecule has 1 rings (SSSR count). The molecule has 21 heavy (non-hydrogen) atoms. The molecular formula is C10H9F3N2O5S. The Kier molecular flexibility index (Phi) is 5.27. The lowest BCUT2D eigenvalue weighted by molar-refractivity contribution is -0.137. The van der Waals surface area contributed by atoms with E-state index in [1.165, 1.54) is 0 Å². The van der Waals surface area contributed by atoms with Crippen LogP contribution < -0.4 is 10.0 Å². The Balaban J connectivity index is 2.84. The van der Waals surface area contributed by atoms with Gasteiger partial charge in [-0.2, -0.15) is 0 Å². The molecule has 116 valence electrons. The van der Waals surface area contributed by atoms with Gasteiger partial charge in [0, 0.05) is 12.1 Å². The van der Waals surface area contributed by atoms with Crippen LogP contribution in [0.4, 0.5) is 13.2 Å². The number of aliphatic carboxylic acids is 1. The Morgan fingerprint density at radius 2 is 1.62 bits per heavy atom. The Labute approximate surface area is 116 Å². The monoisotopic (exact) mass is 326 g/mol. The largest absolute Gasteiger partial charge is 0.480 e. The number of sulfonamides is 1. The van der Waals surface area contributed by atoms with Gasteiger partial charge in [-0.3, -0.25) is 9.59 Å². The predicted molar refractivity (Wildman–Crippen MR) is 62.1 cm³/mol. The summed E-state index contributed by atoms with van der Waals surface area (Å²) in [6, 6.07) is 0.338. The van der Waals surface area contributed by atoms with Crippen molar-refractivity contribution in [2.75, 3.05) is 13.1 Å². The van der Waals surface area contributed by atoms with Crippen molar-refractivity contribution in [1.82, 2.24) is 10.0 Å². The number of hydrogen-bond donors (Lipinski definition) is 3. The van der Waals surface area contributed by atoms with E-state index in [2.05, 4.69) is 0 Å². The van der Waals surface area contributed by atoms with Crippen molar-refractivity contribution in [2.24, 2.45) is 0 Å². The molecule has 0 bridgehead atoms. The first-order valence-electron chi connectivity index (χ1n) is 5.26. The third-order valence-electron chi connectivity index (χ3n) is 2.09. The Hall–Kier alpha value is -2.14. The summed E-state index contributed by atoms with van der Waals surface area (Å²) in [5, 5.41) is 10.1. The fourth-order valence-electron chi connectivity index (χ4n) is 1.26. The lowest BCUT2D eigenvalue weighted by Crippen LogP contribution is -2.39. The van der Waals surface area contributed by atoms with Crippen LogP contribution >= 0.6 is 0 Å². The molecule has 0 heterocycles. The molecule has 0 radical (unpaired) electrons. The van der Waals surface area contributed by atoms with Crippen LogP contribution in [0, 0.1) is 17.5 Å². The van der Waals surface area contributed by atoms with Gasteiger partial charge in [-0.05, 0) is 0 Å². The summed E-state index contributed by atoms with van der Waals surface area (Å²) in [7, 11) is -4.75. The van der Waals surface area contributed by atoms with Crippen LogP contribution in [-0.4, -0.2) is 38.5 Å². The number of hydrogen-bond acceptors (Lipinski definition) is 4. The number of amides is 1. The Morgan fingerprint density at radius 3 is 2.10 bits per heavy atom. The highest BCUT2D eigenvalue weighted by Gasteiger charge is 2.25. The average molecular weight is 326 g/mol. The maximum Gasteiger partial charge on any atom is 0.322 e.